The molecule has 11 nitrogen and oxygen atoms in total. The molecule has 0 saturated carbocycles. The number of nitrogens with zero attached hydrogens (tertiary/aromatic N) is 5. The fourth-order valence-corrected chi connectivity index (χ4v) is 4.74. The maximum Gasteiger partial charge on any atom is 0.258 e. The highest BCUT2D eigenvalue weighted by atomic mass is 16.5. The molecule has 0 spiro atoms. The molecular formula is C29H33N7O4. The summed E-state index contributed by atoms with van der Waals surface area (Å²) in [5.74, 6) is 1.13. The van der Waals surface area contributed by atoms with Gasteiger partial charge in [0.05, 0.1) is 36.1 Å². The molecule has 2 N–H and O–H groups in total. The number of fused-ring (bicyclic) bond motifs is 7. The van der Waals surface area contributed by atoms with Gasteiger partial charge in [0, 0.05) is 24.8 Å². The summed E-state index contributed by atoms with van der Waals surface area (Å²) >= 11 is 0. The molecule has 1 atom stereocenters. The number of anilines is 1. The number of amides is 2. The maximum absolute atomic E-state index is 13.5. The lowest BCUT2D eigenvalue weighted by Crippen LogP contribution is -2.32. The highest BCUT2D eigenvalue weighted by Gasteiger charge is 2.21. The molecular weight excluding hydrogens is 510 g/mol. The van der Waals surface area contributed by atoms with Crippen molar-refractivity contribution < 1.29 is 19.1 Å². The smallest absolute Gasteiger partial charge is 0.258 e. The highest BCUT2D eigenvalue weighted by Crippen LogP contribution is 2.32. The molecule has 2 bridgehead atoms. The molecule has 4 aromatic rings. The van der Waals surface area contributed by atoms with E-state index in [1.807, 2.05) is 43.7 Å². The Hall–Kier alpha value is -4.67. The molecule has 0 fully saturated rings. The zero-order valence-electron chi connectivity index (χ0n) is 22.9. The van der Waals surface area contributed by atoms with Crippen molar-refractivity contribution >= 4 is 28.8 Å². The normalized spacial score (nSPS) is 14.5. The number of pyridine rings is 1. The number of aryl methyl sites for hydroxylation is 3. The maximum atomic E-state index is 13.5. The number of para-hydroxylation sites is 1. The fourth-order valence-electron chi connectivity index (χ4n) is 4.74. The molecule has 0 aliphatic carbocycles. The van der Waals surface area contributed by atoms with Crippen molar-refractivity contribution in [3.63, 3.8) is 0 Å². The van der Waals surface area contributed by atoms with Crippen LogP contribution in [0.2, 0.25) is 0 Å². The molecule has 1 aliphatic heterocycles. The van der Waals surface area contributed by atoms with Crippen molar-refractivity contribution in [3.8, 4) is 22.9 Å². The van der Waals surface area contributed by atoms with Gasteiger partial charge in [0.25, 0.3) is 5.91 Å². The minimum absolute atomic E-state index is 0.259. The van der Waals surface area contributed by atoms with Crippen LogP contribution >= 0.6 is 0 Å². The van der Waals surface area contributed by atoms with Crippen molar-refractivity contribution in [3.05, 3.63) is 60.4 Å². The molecule has 0 unspecified atom stereocenters. The Labute approximate surface area is 232 Å². The van der Waals surface area contributed by atoms with Crippen LogP contribution in [0.1, 0.15) is 42.2 Å². The number of hydrogen-bond donors (Lipinski definition) is 2. The van der Waals surface area contributed by atoms with Crippen molar-refractivity contribution in [2.75, 3.05) is 18.5 Å². The molecule has 0 radical (unpaired) electrons. The topological polar surface area (TPSA) is 125 Å². The van der Waals surface area contributed by atoms with Crippen LogP contribution in [0.4, 0.5) is 5.95 Å². The van der Waals surface area contributed by atoms with E-state index in [1.54, 1.807) is 23.0 Å². The molecule has 208 valence electrons. The van der Waals surface area contributed by atoms with Crippen LogP contribution in [-0.2, 0) is 18.4 Å². The average Bonchev–Trinajstić information content (AvgIpc) is 3.48. The van der Waals surface area contributed by atoms with Gasteiger partial charge in [0.1, 0.15) is 17.4 Å². The Balaban J connectivity index is 1.51. The van der Waals surface area contributed by atoms with Gasteiger partial charge in [-0.1, -0.05) is 12.6 Å². The van der Waals surface area contributed by atoms with E-state index >= 15 is 0 Å². The number of aromatic nitrogens is 5. The standard InChI is InChI=1S/C29H33N7O4/c1-5-25(37)30-16-19(3)40-24-11-9-10-22-26(24)36-12-7-6-8-13-39-28-21(17-31-35(28)4)23-15-20(14-18(2)32-23)27(38)34-29(36)33-22/h5,9-11,14-15,17,19H,1,6-8,12-13,16H2,2-4H3,(H,30,37)(H,33,34,38)/t19-/m1/s1. The molecule has 5 rings (SSSR count). The van der Waals surface area contributed by atoms with E-state index in [4.69, 9.17) is 14.5 Å². The van der Waals surface area contributed by atoms with Crippen LogP contribution in [0.5, 0.6) is 11.6 Å². The number of hydrogen-bond acceptors (Lipinski definition) is 7. The Morgan fingerprint density at radius 1 is 1.27 bits per heavy atom. The van der Waals surface area contributed by atoms with Crippen molar-refractivity contribution in [1.29, 1.82) is 0 Å². The summed E-state index contributed by atoms with van der Waals surface area (Å²) in [6, 6.07) is 9.12. The third-order valence-corrected chi connectivity index (χ3v) is 6.67. The molecule has 40 heavy (non-hydrogen) atoms. The van der Waals surface area contributed by atoms with E-state index < -0.39 is 0 Å². The van der Waals surface area contributed by atoms with E-state index in [0.717, 1.165) is 30.3 Å². The first-order valence-electron chi connectivity index (χ1n) is 13.4. The van der Waals surface area contributed by atoms with E-state index in [-0.39, 0.29) is 17.9 Å². The number of nitrogens with one attached hydrogen (secondary N) is 2. The lowest BCUT2D eigenvalue weighted by Gasteiger charge is -2.17. The largest absolute Gasteiger partial charge is 0.487 e. The summed E-state index contributed by atoms with van der Waals surface area (Å²) in [6.45, 7) is 8.68. The summed E-state index contributed by atoms with van der Waals surface area (Å²) in [5, 5.41) is 10.1. The average molecular weight is 544 g/mol. The van der Waals surface area contributed by atoms with Crippen LogP contribution < -0.4 is 20.1 Å². The van der Waals surface area contributed by atoms with Crippen molar-refractivity contribution in [2.45, 2.75) is 45.8 Å². The van der Waals surface area contributed by atoms with Gasteiger partial charge in [0.15, 0.2) is 0 Å². The van der Waals surface area contributed by atoms with Crippen LogP contribution in [0.15, 0.2) is 49.2 Å². The lowest BCUT2D eigenvalue weighted by atomic mass is 10.1. The first kappa shape index (κ1) is 26.9. The van der Waals surface area contributed by atoms with Crippen LogP contribution in [0, 0.1) is 6.92 Å². The van der Waals surface area contributed by atoms with Crippen LogP contribution in [-0.4, -0.2) is 55.4 Å². The molecule has 3 aromatic heterocycles. The van der Waals surface area contributed by atoms with Crippen LogP contribution in [0.3, 0.4) is 0 Å². The van der Waals surface area contributed by atoms with Gasteiger partial charge in [0.2, 0.25) is 17.7 Å². The van der Waals surface area contributed by atoms with Gasteiger partial charge in [-0.2, -0.15) is 5.10 Å². The summed E-state index contributed by atoms with van der Waals surface area (Å²) < 4.78 is 16.0. The Morgan fingerprint density at radius 3 is 2.95 bits per heavy atom. The van der Waals surface area contributed by atoms with Crippen molar-refractivity contribution in [2.24, 2.45) is 7.05 Å². The monoisotopic (exact) mass is 543 g/mol. The molecule has 11 heteroatoms. The van der Waals surface area contributed by atoms with E-state index in [0.29, 0.717) is 59.7 Å². The van der Waals surface area contributed by atoms with Crippen LogP contribution in [0.25, 0.3) is 22.3 Å². The number of rotatable bonds is 5. The first-order chi connectivity index (χ1) is 19.3. The zero-order chi connectivity index (χ0) is 28.2. The number of carbonyl (C=O) groups excluding carboxylic acids is 2. The molecule has 1 aliphatic rings. The number of ether oxygens (including phenoxy) is 2. The second kappa shape index (κ2) is 11.6. The first-order valence-corrected chi connectivity index (χ1v) is 13.4. The number of imidazole rings is 1. The van der Waals surface area contributed by atoms with Gasteiger partial charge in [-0.15, -0.1) is 0 Å². The minimum Gasteiger partial charge on any atom is -0.487 e. The Kier molecular flexibility index (Phi) is 7.81. The third kappa shape index (κ3) is 5.68. The van der Waals surface area contributed by atoms with Gasteiger partial charge >= 0.3 is 0 Å². The second-order valence-electron chi connectivity index (χ2n) is 9.82. The summed E-state index contributed by atoms with van der Waals surface area (Å²) in [5.41, 5.74) is 3.99. The molecule has 2 amide bonds. The van der Waals surface area contributed by atoms with Gasteiger partial charge in [-0.05, 0) is 63.5 Å². The van der Waals surface area contributed by atoms with E-state index in [1.165, 1.54) is 6.08 Å². The molecule has 0 saturated heterocycles. The summed E-state index contributed by atoms with van der Waals surface area (Å²) in [4.78, 5) is 34.6. The van der Waals surface area contributed by atoms with Gasteiger partial charge in [-0.3, -0.25) is 19.9 Å². The number of carbonyl (C=O) groups is 2. The predicted molar refractivity (Wildman–Crippen MR) is 152 cm³/mol. The Morgan fingerprint density at radius 2 is 2.12 bits per heavy atom. The quantitative estimate of drug-likeness (QED) is 0.364. The molecule has 1 aromatic carbocycles. The fraction of sp³-hybridized carbons (Fsp3) is 0.345. The number of benzene rings is 1. The Bertz CT molecular complexity index is 1570. The highest BCUT2D eigenvalue weighted by molar-refractivity contribution is 6.05. The van der Waals surface area contributed by atoms with Gasteiger partial charge < -0.3 is 19.4 Å². The van der Waals surface area contributed by atoms with E-state index in [2.05, 4.69) is 27.3 Å². The van der Waals surface area contributed by atoms with Gasteiger partial charge in [-0.25, -0.2) is 9.67 Å². The summed E-state index contributed by atoms with van der Waals surface area (Å²) in [6.07, 6.45) is 5.22. The minimum atomic E-state index is -0.302. The molecule has 4 heterocycles. The third-order valence-electron chi connectivity index (χ3n) is 6.67. The second-order valence-corrected chi connectivity index (χ2v) is 9.82. The zero-order valence-corrected chi connectivity index (χ0v) is 22.9. The predicted octanol–water partition coefficient (Wildman–Crippen LogP) is 4.02. The van der Waals surface area contributed by atoms with Crippen molar-refractivity contribution in [1.82, 2.24) is 29.6 Å². The SMILES string of the molecule is C=CC(=O)NC[C@@H](C)Oc1cccc2nc3n(c12)CCCCCOc1c(cnn1C)-c1cc(cc(C)n1)C(=O)N3. The lowest BCUT2D eigenvalue weighted by molar-refractivity contribution is -0.116. The van der Waals surface area contributed by atoms with E-state index in [9.17, 15) is 9.59 Å². The summed E-state index contributed by atoms with van der Waals surface area (Å²) in [7, 11) is 1.83.